The summed E-state index contributed by atoms with van der Waals surface area (Å²) in [5, 5.41) is 13.6. The number of amides is 1. The molecule has 1 heterocycles. The van der Waals surface area contributed by atoms with Crippen LogP contribution in [0, 0.1) is 0 Å². The van der Waals surface area contributed by atoms with Gasteiger partial charge in [-0.2, -0.15) is 0 Å². The van der Waals surface area contributed by atoms with Crippen LogP contribution in [0.4, 0.5) is 5.69 Å². The van der Waals surface area contributed by atoms with Crippen molar-refractivity contribution < 1.29 is 23.8 Å². The predicted molar refractivity (Wildman–Crippen MR) is 106 cm³/mol. The van der Waals surface area contributed by atoms with Gasteiger partial charge in [-0.15, -0.1) is 5.10 Å². The number of hydrogen-bond donors (Lipinski definition) is 1. The number of nitrogens with one attached hydrogen (secondary N) is 1. The Labute approximate surface area is 172 Å². The zero-order valence-electron chi connectivity index (χ0n) is 16.5. The highest BCUT2D eigenvalue weighted by Crippen LogP contribution is 2.29. The Kier molecular flexibility index (Phi) is 6.93. The van der Waals surface area contributed by atoms with E-state index < -0.39 is 24.5 Å². The van der Waals surface area contributed by atoms with E-state index in [1.165, 1.54) is 25.2 Å². The molecule has 1 atom stereocenters. The lowest BCUT2D eigenvalue weighted by atomic mass is 10.1. The largest absolute Gasteiger partial charge is 0.493 e. The molecule has 0 unspecified atom stereocenters. The van der Waals surface area contributed by atoms with E-state index in [9.17, 15) is 9.59 Å². The van der Waals surface area contributed by atoms with E-state index in [0.29, 0.717) is 23.6 Å². The van der Waals surface area contributed by atoms with Gasteiger partial charge >= 0.3 is 5.97 Å². The lowest BCUT2D eigenvalue weighted by molar-refractivity contribution is -0.151. The molecule has 0 aliphatic carbocycles. The van der Waals surface area contributed by atoms with Crippen LogP contribution in [-0.4, -0.2) is 52.9 Å². The Morgan fingerprint density at radius 3 is 2.50 bits per heavy atom. The molecular formula is C20H21N5O5. The molecule has 0 bridgehead atoms. The molecule has 10 heteroatoms. The van der Waals surface area contributed by atoms with Crippen molar-refractivity contribution in [3.8, 4) is 11.5 Å². The van der Waals surface area contributed by atoms with Crippen molar-refractivity contribution in [3.63, 3.8) is 0 Å². The summed E-state index contributed by atoms with van der Waals surface area (Å²) in [5.74, 6) is -0.111. The summed E-state index contributed by atoms with van der Waals surface area (Å²) >= 11 is 0. The van der Waals surface area contributed by atoms with Gasteiger partial charge in [0, 0.05) is 18.2 Å². The average Bonchev–Trinajstić information content (AvgIpc) is 3.31. The highest BCUT2D eigenvalue weighted by atomic mass is 16.5. The van der Waals surface area contributed by atoms with Crippen molar-refractivity contribution in [2.24, 2.45) is 0 Å². The molecule has 3 aromatic rings. The van der Waals surface area contributed by atoms with Crippen LogP contribution < -0.4 is 14.8 Å². The Morgan fingerprint density at radius 1 is 1.07 bits per heavy atom. The number of anilines is 1. The van der Waals surface area contributed by atoms with Crippen LogP contribution in [0.2, 0.25) is 0 Å². The second kappa shape index (κ2) is 10.0. The van der Waals surface area contributed by atoms with E-state index >= 15 is 0 Å². The number of methoxy groups -OCH3 is 2. The SMILES string of the molecule is COc1ccc(NC(=O)COC(=O)[C@@H](Cc2ccccc2)n2cnnn2)cc1OC. The number of ether oxygens (including phenoxy) is 3. The average molecular weight is 411 g/mol. The highest BCUT2D eigenvalue weighted by Gasteiger charge is 2.24. The summed E-state index contributed by atoms with van der Waals surface area (Å²) in [6.07, 6.45) is 1.65. The van der Waals surface area contributed by atoms with Crippen LogP contribution in [0.15, 0.2) is 54.9 Å². The zero-order valence-corrected chi connectivity index (χ0v) is 16.5. The van der Waals surface area contributed by atoms with E-state index in [-0.39, 0.29) is 0 Å². The molecule has 156 valence electrons. The first-order valence-electron chi connectivity index (χ1n) is 9.05. The second-order valence-corrected chi connectivity index (χ2v) is 6.22. The van der Waals surface area contributed by atoms with Gasteiger partial charge in [0.15, 0.2) is 24.1 Å². The third-order valence-corrected chi connectivity index (χ3v) is 4.24. The van der Waals surface area contributed by atoms with E-state index in [2.05, 4.69) is 20.8 Å². The molecule has 0 saturated heterocycles. The number of esters is 1. The molecule has 0 spiro atoms. The fourth-order valence-electron chi connectivity index (χ4n) is 2.78. The quantitative estimate of drug-likeness (QED) is 0.528. The maximum Gasteiger partial charge on any atom is 0.331 e. The van der Waals surface area contributed by atoms with E-state index in [4.69, 9.17) is 14.2 Å². The standard InChI is InChI=1S/C20H21N5O5/c1-28-17-9-8-15(11-18(17)29-2)22-19(26)12-30-20(27)16(25-13-21-23-24-25)10-14-6-4-3-5-7-14/h3-9,11,13,16H,10,12H2,1-2H3,(H,22,26)/t16-/m1/s1. The van der Waals surface area contributed by atoms with Gasteiger partial charge in [-0.3, -0.25) is 4.79 Å². The van der Waals surface area contributed by atoms with Gasteiger partial charge in [0.05, 0.1) is 14.2 Å². The summed E-state index contributed by atoms with van der Waals surface area (Å²) < 4.78 is 16.9. The second-order valence-electron chi connectivity index (χ2n) is 6.22. The van der Waals surface area contributed by atoms with Crippen molar-refractivity contribution in [2.45, 2.75) is 12.5 Å². The number of hydrogen-bond acceptors (Lipinski definition) is 8. The minimum Gasteiger partial charge on any atom is -0.493 e. The maximum atomic E-state index is 12.6. The monoisotopic (exact) mass is 411 g/mol. The van der Waals surface area contributed by atoms with Crippen molar-refractivity contribution in [1.82, 2.24) is 20.2 Å². The van der Waals surface area contributed by atoms with Crippen molar-refractivity contribution in [3.05, 3.63) is 60.4 Å². The number of tetrazole rings is 1. The molecule has 30 heavy (non-hydrogen) atoms. The zero-order chi connectivity index (χ0) is 21.3. The molecule has 0 aliphatic heterocycles. The molecule has 1 aromatic heterocycles. The summed E-state index contributed by atoms with van der Waals surface area (Å²) in [6, 6.07) is 13.5. The van der Waals surface area contributed by atoms with Crippen LogP contribution >= 0.6 is 0 Å². The summed E-state index contributed by atoms with van der Waals surface area (Å²) in [7, 11) is 3.02. The van der Waals surface area contributed by atoms with Crippen molar-refractivity contribution in [2.75, 3.05) is 26.1 Å². The molecule has 0 fully saturated rings. The van der Waals surface area contributed by atoms with Gasteiger partial charge in [-0.25, -0.2) is 9.48 Å². The molecule has 0 saturated carbocycles. The molecule has 3 rings (SSSR count). The van der Waals surface area contributed by atoms with Crippen molar-refractivity contribution >= 4 is 17.6 Å². The summed E-state index contributed by atoms with van der Waals surface area (Å²) in [6.45, 7) is -0.458. The van der Waals surface area contributed by atoms with Crippen LogP contribution in [0.25, 0.3) is 0 Å². The number of carbonyl (C=O) groups is 2. The Bertz CT molecular complexity index is 979. The fourth-order valence-corrected chi connectivity index (χ4v) is 2.78. The molecule has 2 aromatic carbocycles. The van der Waals surface area contributed by atoms with Gasteiger partial charge in [-0.1, -0.05) is 30.3 Å². The Hall–Kier alpha value is -3.95. The van der Waals surface area contributed by atoms with Gasteiger partial charge in [0.1, 0.15) is 6.33 Å². The number of rotatable bonds is 9. The highest BCUT2D eigenvalue weighted by molar-refractivity contribution is 5.93. The first-order chi connectivity index (χ1) is 14.6. The molecule has 0 aliphatic rings. The third kappa shape index (κ3) is 5.31. The summed E-state index contributed by atoms with van der Waals surface area (Å²) in [5.41, 5.74) is 1.39. The molecule has 1 N–H and O–H groups in total. The van der Waals surface area contributed by atoms with E-state index in [0.717, 1.165) is 5.56 Å². The molecule has 1 amide bonds. The van der Waals surface area contributed by atoms with Gasteiger partial charge in [0.2, 0.25) is 0 Å². The first-order valence-corrected chi connectivity index (χ1v) is 9.05. The van der Waals surface area contributed by atoms with Gasteiger partial charge in [-0.05, 0) is 28.1 Å². The van der Waals surface area contributed by atoms with E-state index in [1.807, 2.05) is 30.3 Å². The topological polar surface area (TPSA) is 117 Å². The third-order valence-electron chi connectivity index (χ3n) is 4.24. The van der Waals surface area contributed by atoms with Crippen LogP contribution in [0.3, 0.4) is 0 Å². The predicted octanol–water partition coefficient (Wildman–Crippen LogP) is 1.66. The first kappa shape index (κ1) is 20.8. The minimum atomic E-state index is -0.795. The number of nitrogens with zero attached hydrogens (tertiary/aromatic N) is 4. The number of benzene rings is 2. The van der Waals surface area contributed by atoms with E-state index in [1.54, 1.807) is 18.2 Å². The van der Waals surface area contributed by atoms with Gasteiger partial charge in [0.25, 0.3) is 5.91 Å². The molecule has 10 nitrogen and oxygen atoms in total. The van der Waals surface area contributed by atoms with Crippen LogP contribution in [0.1, 0.15) is 11.6 Å². The minimum absolute atomic E-state index is 0.321. The Morgan fingerprint density at radius 2 is 1.83 bits per heavy atom. The lowest BCUT2D eigenvalue weighted by Crippen LogP contribution is -2.28. The van der Waals surface area contributed by atoms with Crippen molar-refractivity contribution in [1.29, 1.82) is 0 Å². The van der Waals surface area contributed by atoms with Crippen LogP contribution in [0.5, 0.6) is 11.5 Å². The number of carbonyl (C=O) groups excluding carboxylic acids is 2. The lowest BCUT2D eigenvalue weighted by Gasteiger charge is -2.15. The molecule has 0 radical (unpaired) electrons. The maximum absolute atomic E-state index is 12.6. The summed E-state index contributed by atoms with van der Waals surface area (Å²) in [4.78, 5) is 24.9. The van der Waals surface area contributed by atoms with Gasteiger partial charge < -0.3 is 19.5 Å². The smallest absolute Gasteiger partial charge is 0.331 e. The van der Waals surface area contributed by atoms with Crippen LogP contribution in [-0.2, 0) is 20.7 Å². The Balaban J connectivity index is 1.61. The normalized spacial score (nSPS) is 11.4. The molecular weight excluding hydrogens is 390 g/mol. The fraction of sp³-hybridized carbons (Fsp3) is 0.250. The number of aromatic nitrogens is 4.